The van der Waals surface area contributed by atoms with E-state index in [0.29, 0.717) is 25.9 Å². The minimum absolute atomic E-state index is 0.141. The van der Waals surface area contributed by atoms with E-state index in [0.717, 1.165) is 18.7 Å². The summed E-state index contributed by atoms with van der Waals surface area (Å²) in [5, 5.41) is 0. The second-order valence-electron chi connectivity index (χ2n) is 8.49. The normalized spacial score (nSPS) is 14.9. The molecule has 3 aromatic rings. The monoisotopic (exact) mass is 477 g/mol. The number of hydrogen-bond acceptors (Lipinski definition) is 4. The summed E-state index contributed by atoms with van der Waals surface area (Å²) in [6.07, 6.45) is 1.01. The Morgan fingerprint density at radius 3 is 1.85 bits per heavy atom. The Hall–Kier alpha value is -3.00. The molecule has 7 heteroatoms. The minimum Gasteiger partial charge on any atom is -0.340 e. The molecular weight excluding hydrogens is 446 g/mol. The molecule has 1 N–H and O–H groups in total. The number of carbonyl (C=O) groups excluding carboxylic acids is 1. The van der Waals surface area contributed by atoms with E-state index in [-0.39, 0.29) is 16.8 Å². The van der Waals surface area contributed by atoms with Gasteiger partial charge in [0.25, 0.3) is 0 Å². The molecule has 0 bridgehead atoms. The summed E-state index contributed by atoms with van der Waals surface area (Å²) in [6, 6.07) is 27.9. The summed E-state index contributed by atoms with van der Waals surface area (Å²) in [5.41, 5.74) is 3.48. The molecule has 1 aliphatic heterocycles. The molecule has 1 heterocycles. The molecule has 0 spiro atoms. The van der Waals surface area contributed by atoms with Gasteiger partial charge in [-0.1, -0.05) is 72.8 Å². The highest BCUT2D eigenvalue weighted by atomic mass is 32.2. The van der Waals surface area contributed by atoms with Gasteiger partial charge < -0.3 is 4.90 Å². The largest absolute Gasteiger partial charge is 0.340 e. The summed E-state index contributed by atoms with van der Waals surface area (Å²) >= 11 is 0. The van der Waals surface area contributed by atoms with Crippen molar-refractivity contribution in [2.75, 3.05) is 33.2 Å². The van der Waals surface area contributed by atoms with Gasteiger partial charge in [0, 0.05) is 32.6 Å². The first-order valence-corrected chi connectivity index (χ1v) is 13.1. The Balaban J connectivity index is 1.35. The van der Waals surface area contributed by atoms with Gasteiger partial charge in [-0.3, -0.25) is 9.69 Å². The van der Waals surface area contributed by atoms with E-state index in [4.69, 9.17) is 0 Å². The van der Waals surface area contributed by atoms with E-state index in [9.17, 15) is 13.2 Å². The molecule has 1 aliphatic rings. The Labute approximate surface area is 202 Å². The van der Waals surface area contributed by atoms with E-state index in [2.05, 4.69) is 58.2 Å². The molecule has 4 rings (SSSR count). The van der Waals surface area contributed by atoms with Crippen LogP contribution in [0.1, 0.15) is 29.2 Å². The number of sulfonamides is 1. The number of rotatable bonds is 8. The predicted molar refractivity (Wildman–Crippen MR) is 134 cm³/mol. The molecule has 1 amide bonds. The molecule has 0 atom stereocenters. The van der Waals surface area contributed by atoms with E-state index in [1.807, 2.05) is 17.0 Å². The van der Waals surface area contributed by atoms with Gasteiger partial charge in [-0.25, -0.2) is 13.1 Å². The average Bonchev–Trinajstić information content (AvgIpc) is 2.89. The number of aryl methyl sites for hydroxylation is 1. The smallest absolute Gasteiger partial charge is 0.240 e. The van der Waals surface area contributed by atoms with Crippen LogP contribution in [0.2, 0.25) is 0 Å². The zero-order chi connectivity index (χ0) is 24.0. The SMILES string of the molecule is CNS(=O)(=O)c1ccc(CCC(=O)N2CCN(C(c3ccccc3)c3ccccc3)CC2)cc1. The van der Waals surface area contributed by atoms with Crippen molar-refractivity contribution in [3.8, 4) is 0 Å². The fourth-order valence-corrected chi connectivity index (χ4v) is 5.21. The quantitative estimate of drug-likeness (QED) is 0.540. The van der Waals surface area contributed by atoms with Gasteiger partial charge in [-0.15, -0.1) is 0 Å². The van der Waals surface area contributed by atoms with Crippen LogP contribution < -0.4 is 4.72 Å². The number of amides is 1. The van der Waals surface area contributed by atoms with Crippen LogP contribution >= 0.6 is 0 Å². The molecule has 34 heavy (non-hydrogen) atoms. The lowest BCUT2D eigenvalue weighted by atomic mass is 9.96. The van der Waals surface area contributed by atoms with Gasteiger partial charge >= 0.3 is 0 Å². The first-order valence-electron chi connectivity index (χ1n) is 11.6. The lowest BCUT2D eigenvalue weighted by Gasteiger charge is -2.40. The zero-order valence-corrected chi connectivity index (χ0v) is 20.2. The molecule has 6 nitrogen and oxygen atoms in total. The van der Waals surface area contributed by atoms with Crippen molar-refractivity contribution in [2.24, 2.45) is 0 Å². The van der Waals surface area contributed by atoms with Crippen LogP contribution in [0.25, 0.3) is 0 Å². The molecule has 178 valence electrons. The van der Waals surface area contributed by atoms with Crippen molar-refractivity contribution < 1.29 is 13.2 Å². The number of nitrogens with one attached hydrogen (secondary N) is 1. The van der Waals surface area contributed by atoms with Gasteiger partial charge in [0.05, 0.1) is 10.9 Å². The Bertz CT molecular complexity index is 1140. The predicted octanol–water partition coefficient (Wildman–Crippen LogP) is 3.46. The molecule has 0 unspecified atom stereocenters. The van der Waals surface area contributed by atoms with Crippen LogP contribution in [0.15, 0.2) is 89.8 Å². The van der Waals surface area contributed by atoms with E-state index < -0.39 is 10.0 Å². The summed E-state index contributed by atoms with van der Waals surface area (Å²) in [5.74, 6) is 0.141. The Kier molecular flexibility index (Phi) is 7.77. The Morgan fingerprint density at radius 2 is 1.35 bits per heavy atom. The third-order valence-corrected chi connectivity index (χ3v) is 7.82. The lowest BCUT2D eigenvalue weighted by Crippen LogP contribution is -2.49. The van der Waals surface area contributed by atoms with E-state index in [1.165, 1.54) is 18.2 Å². The van der Waals surface area contributed by atoms with Crippen LogP contribution in [-0.4, -0.2) is 57.4 Å². The van der Waals surface area contributed by atoms with Crippen LogP contribution in [0.3, 0.4) is 0 Å². The number of hydrogen-bond donors (Lipinski definition) is 1. The minimum atomic E-state index is -3.45. The van der Waals surface area contributed by atoms with Crippen molar-refractivity contribution in [1.29, 1.82) is 0 Å². The van der Waals surface area contributed by atoms with Crippen LogP contribution in [0, 0.1) is 0 Å². The molecule has 0 aromatic heterocycles. The number of nitrogens with zero attached hydrogens (tertiary/aromatic N) is 2. The number of benzene rings is 3. The van der Waals surface area contributed by atoms with Crippen molar-refractivity contribution in [2.45, 2.75) is 23.8 Å². The number of carbonyl (C=O) groups is 1. The fourth-order valence-electron chi connectivity index (χ4n) is 4.48. The maximum absolute atomic E-state index is 12.9. The van der Waals surface area contributed by atoms with Crippen molar-refractivity contribution in [1.82, 2.24) is 14.5 Å². The van der Waals surface area contributed by atoms with Gasteiger partial charge in [0.2, 0.25) is 15.9 Å². The maximum Gasteiger partial charge on any atom is 0.240 e. The van der Waals surface area contributed by atoms with Crippen LogP contribution in [-0.2, 0) is 21.2 Å². The lowest BCUT2D eigenvalue weighted by molar-refractivity contribution is -0.133. The molecule has 0 saturated carbocycles. The molecular formula is C27H31N3O3S. The van der Waals surface area contributed by atoms with Gasteiger partial charge in [-0.2, -0.15) is 0 Å². The second-order valence-corrected chi connectivity index (χ2v) is 10.4. The van der Waals surface area contributed by atoms with Gasteiger partial charge in [0.1, 0.15) is 0 Å². The summed E-state index contributed by atoms with van der Waals surface area (Å²) in [7, 11) is -2.05. The third kappa shape index (κ3) is 5.73. The average molecular weight is 478 g/mol. The van der Waals surface area contributed by atoms with Crippen molar-refractivity contribution >= 4 is 15.9 Å². The highest BCUT2D eigenvalue weighted by Crippen LogP contribution is 2.29. The zero-order valence-electron chi connectivity index (χ0n) is 19.4. The Morgan fingerprint density at radius 1 is 0.824 bits per heavy atom. The highest BCUT2D eigenvalue weighted by molar-refractivity contribution is 7.89. The van der Waals surface area contributed by atoms with Crippen LogP contribution in [0.5, 0.6) is 0 Å². The maximum atomic E-state index is 12.9. The van der Waals surface area contributed by atoms with Crippen LogP contribution in [0.4, 0.5) is 0 Å². The second kappa shape index (κ2) is 11.0. The molecule has 1 fully saturated rings. The van der Waals surface area contributed by atoms with Gasteiger partial charge in [-0.05, 0) is 42.3 Å². The first-order chi connectivity index (χ1) is 16.5. The summed E-state index contributed by atoms with van der Waals surface area (Å²) < 4.78 is 26.0. The molecule has 0 aliphatic carbocycles. The topological polar surface area (TPSA) is 69.7 Å². The molecule has 0 radical (unpaired) electrons. The summed E-state index contributed by atoms with van der Waals surface area (Å²) in [6.45, 7) is 3.04. The highest BCUT2D eigenvalue weighted by Gasteiger charge is 2.28. The molecule has 3 aromatic carbocycles. The van der Waals surface area contributed by atoms with E-state index >= 15 is 0 Å². The fraction of sp³-hybridized carbons (Fsp3) is 0.296. The summed E-state index contributed by atoms with van der Waals surface area (Å²) in [4.78, 5) is 17.5. The van der Waals surface area contributed by atoms with E-state index in [1.54, 1.807) is 24.3 Å². The first kappa shape index (κ1) is 24.1. The van der Waals surface area contributed by atoms with Crippen molar-refractivity contribution in [3.63, 3.8) is 0 Å². The third-order valence-electron chi connectivity index (χ3n) is 6.39. The number of piperazine rings is 1. The molecule has 1 saturated heterocycles. The van der Waals surface area contributed by atoms with Crippen molar-refractivity contribution in [3.05, 3.63) is 102 Å². The van der Waals surface area contributed by atoms with Gasteiger partial charge in [0.15, 0.2) is 0 Å². The standard InChI is InChI=1S/C27H31N3O3S/c1-28-34(32,33)25-15-12-22(13-16-25)14-17-26(31)29-18-20-30(21-19-29)27(23-8-4-2-5-9-23)24-10-6-3-7-11-24/h2-13,15-16,27-28H,14,17-21H2,1H3.